The van der Waals surface area contributed by atoms with Crippen molar-refractivity contribution < 1.29 is 14.6 Å². The largest absolute Gasteiger partial charge is 0.497 e. The van der Waals surface area contributed by atoms with Gasteiger partial charge in [0.1, 0.15) is 5.75 Å². The maximum absolute atomic E-state index is 12.8. The fourth-order valence-corrected chi connectivity index (χ4v) is 3.93. The van der Waals surface area contributed by atoms with E-state index in [4.69, 9.17) is 17.0 Å². The van der Waals surface area contributed by atoms with Gasteiger partial charge in [-0.25, -0.2) is 0 Å². The second-order valence-corrected chi connectivity index (χ2v) is 8.00. The molecule has 4 rings (SSSR count). The molecule has 4 aromatic rings. The molecule has 10 heteroatoms. The van der Waals surface area contributed by atoms with Crippen LogP contribution in [-0.2, 0) is 24.2 Å². The number of hydrogen-bond acceptors (Lipinski definition) is 7. The molecule has 0 aliphatic heterocycles. The number of amides is 1. The van der Waals surface area contributed by atoms with E-state index in [1.165, 1.54) is 4.57 Å². The third-order valence-electron chi connectivity index (χ3n) is 5.30. The third kappa shape index (κ3) is 5.12. The first-order chi connectivity index (χ1) is 16.5. The Hall–Kier alpha value is -4.05. The number of hydrogen-bond donors (Lipinski definition) is 2. The first kappa shape index (κ1) is 23.1. The van der Waals surface area contributed by atoms with E-state index in [1.54, 1.807) is 48.3 Å². The van der Waals surface area contributed by atoms with Gasteiger partial charge in [-0.05, 0) is 67.5 Å². The molecule has 0 saturated carbocycles. The summed E-state index contributed by atoms with van der Waals surface area (Å²) >= 11 is 5.70. The molecule has 0 unspecified atom stereocenters. The maximum Gasteiger partial charge on any atom is 0.231 e. The third-order valence-corrected chi connectivity index (χ3v) is 5.70. The molecule has 3 heterocycles. The molecule has 2 N–H and O–H groups in total. The van der Waals surface area contributed by atoms with Gasteiger partial charge in [-0.1, -0.05) is 12.1 Å². The monoisotopic (exact) mass is 476 g/mol. The molecule has 0 aliphatic rings. The molecule has 0 bridgehead atoms. The minimum Gasteiger partial charge on any atom is -0.497 e. The SMILES string of the molecule is COc1ccc(CCn2c(CC(=O)Nc3ccc(C)nn3)c(O)n(-c3cccnc3)c2=S)cc1. The van der Waals surface area contributed by atoms with Crippen molar-refractivity contribution in [2.24, 2.45) is 0 Å². The minimum absolute atomic E-state index is 0.0963. The molecule has 1 aromatic carbocycles. The lowest BCUT2D eigenvalue weighted by molar-refractivity contribution is -0.115. The molecule has 1 amide bonds. The van der Waals surface area contributed by atoms with Crippen LogP contribution in [0, 0.1) is 11.7 Å². The highest BCUT2D eigenvalue weighted by atomic mass is 32.1. The first-order valence-corrected chi connectivity index (χ1v) is 11.0. The molecule has 0 spiro atoms. The van der Waals surface area contributed by atoms with Crippen LogP contribution in [0.25, 0.3) is 5.69 Å². The summed E-state index contributed by atoms with van der Waals surface area (Å²) in [6.45, 7) is 2.29. The number of nitrogens with zero attached hydrogens (tertiary/aromatic N) is 5. The number of aromatic nitrogens is 5. The molecule has 0 fully saturated rings. The van der Waals surface area contributed by atoms with Crippen LogP contribution < -0.4 is 10.1 Å². The number of aromatic hydroxyl groups is 1. The van der Waals surface area contributed by atoms with E-state index < -0.39 is 0 Å². The minimum atomic E-state index is -0.343. The number of aryl methyl sites for hydroxylation is 2. The van der Waals surface area contributed by atoms with Crippen LogP contribution >= 0.6 is 12.2 Å². The van der Waals surface area contributed by atoms with Crippen molar-refractivity contribution in [3.8, 4) is 17.3 Å². The van der Waals surface area contributed by atoms with Gasteiger partial charge in [0.25, 0.3) is 0 Å². The molecular formula is C24H24N6O3S. The van der Waals surface area contributed by atoms with Crippen LogP contribution in [0.4, 0.5) is 5.82 Å². The summed E-state index contributed by atoms with van der Waals surface area (Å²) in [5.41, 5.74) is 2.83. The Balaban J connectivity index is 1.64. The van der Waals surface area contributed by atoms with Crippen molar-refractivity contribution in [1.82, 2.24) is 24.3 Å². The average Bonchev–Trinajstić information content (AvgIpc) is 3.08. The Morgan fingerprint density at radius 2 is 1.94 bits per heavy atom. The van der Waals surface area contributed by atoms with Crippen molar-refractivity contribution >= 4 is 23.9 Å². The van der Waals surface area contributed by atoms with E-state index >= 15 is 0 Å². The predicted octanol–water partition coefficient (Wildman–Crippen LogP) is 3.64. The zero-order chi connectivity index (χ0) is 24.1. The van der Waals surface area contributed by atoms with Gasteiger partial charge < -0.3 is 19.7 Å². The number of ether oxygens (including phenoxy) is 1. The number of anilines is 1. The maximum atomic E-state index is 12.8. The molecule has 0 atom stereocenters. The van der Waals surface area contributed by atoms with Crippen LogP contribution in [0.1, 0.15) is 17.0 Å². The zero-order valence-electron chi connectivity index (χ0n) is 18.8. The highest BCUT2D eigenvalue weighted by Crippen LogP contribution is 2.26. The second-order valence-electron chi connectivity index (χ2n) is 7.63. The number of imidazole rings is 1. The Kier molecular flexibility index (Phi) is 6.98. The Labute approximate surface area is 201 Å². The van der Waals surface area contributed by atoms with Crippen molar-refractivity contribution in [1.29, 1.82) is 0 Å². The number of nitrogens with one attached hydrogen (secondary N) is 1. The van der Waals surface area contributed by atoms with Crippen molar-refractivity contribution in [2.75, 3.05) is 12.4 Å². The fourth-order valence-electron chi connectivity index (χ4n) is 3.54. The highest BCUT2D eigenvalue weighted by molar-refractivity contribution is 7.71. The normalized spacial score (nSPS) is 10.8. The van der Waals surface area contributed by atoms with E-state index in [2.05, 4.69) is 20.5 Å². The molecule has 174 valence electrons. The van der Waals surface area contributed by atoms with Gasteiger partial charge in [0.2, 0.25) is 11.8 Å². The van der Waals surface area contributed by atoms with Gasteiger partial charge in [-0.3, -0.25) is 14.3 Å². The number of carbonyl (C=O) groups excluding carboxylic acids is 1. The number of benzene rings is 1. The zero-order valence-corrected chi connectivity index (χ0v) is 19.6. The number of rotatable bonds is 8. The van der Waals surface area contributed by atoms with Gasteiger partial charge in [0, 0.05) is 12.7 Å². The van der Waals surface area contributed by atoms with E-state index in [0.29, 0.717) is 34.9 Å². The summed E-state index contributed by atoms with van der Waals surface area (Å²) < 4.78 is 8.89. The lowest BCUT2D eigenvalue weighted by Gasteiger charge is -2.09. The van der Waals surface area contributed by atoms with Gasteiger partial charge in [-0.15, -0.1) is 5.10 Å². The van der Waals surface area contributed by atoms with Crippen molar-refractivity contribution in [3.05, 3.63) is 82.6 Å². The fraction of sp³-hybridized carbons (Fsp3) is 0.208. The summed E-state index contributed by atoms with van der Waals surface area (Å²) in [6.07, 6.45) is 3.80. The molecular weight excluding hydrogens is 452 g/mol. The summed E-state index contributed by atoms with van der Waals surface area (Å²) in [7, 11) is 1.62. The van der Waals surface area contributed by atoms with Crippen LogP contribution in [0.2, 0.25) is 0 Å². The Bertz CT molecular complexity index is 1330. The summed E-state index contributed by atoms with van der Waals surface area (Å²) in [4.78, 5) is 16.9. The predicted molar refractivity (Wildman–Crippen MR) is 130 cm³/mol. The quantitative estimate of drug-likeness (QED) is 0.374. The van der Waals surface area contributed by atoms with Crippen LogP contribution in [0.3, 0.4) is 0 Å². The van der Waals surface area contributed by atoms with E-state index in [9.17, 15) is 9.90 Å². The van der Waals surface area contributed by atoms with Crippen molar-refractivity contribution in [2.45, 2.75) is 26.3 Å². The standard InChI is InChI=1S/C24H24N6O3S/c1-16-5-10-21(28-27-16)26-22(31)14-20-23(32)30(18-4-3-12-25-15-18)24(34)29(20)13-11-17-6-8-19(33-2)9-7-17/h3-10,12,15,32H,11,13-14H2,1-2H3,(H,26,28,31). The van der Waals surface area contributed by atoms with Gasteiger partial charge in [0.05, 0.1) is 36.8 Å². The van der Waals surface area contributed by atoms with Gasteiger partial charge in [-0.2, -0.15) is 5.10 Å². The number of pyridine rings is 1. The topological polar surface area (TPSA) is 107 Å². The smallest absolute Gasteiger partial charge is 0.231 e. The molecule has 0 saturated heterocycles. The van der Waals surface area contributed by atoms with Crippen LogP contribution in [0.15, 0.2) is 60.9 Å². The van der Waals surface area contributed by atoms with Crippen molar-refractivity contribution in [3.63, 3.8) is 0 Å². The highest BCUT2D eigenvalue weighted by Gasteiger charge is 2.21. The van der Waals surface area contributed by atoms with E-state index in [1.807, 2.05) is 31.2 Å². The lowest BCUT2D eigenvalue weighted by Crippen LogP contribution is -2.18. The molecule has 3 aromatic heterocycles. The molecule has 34 heavy (non-hydrogen) atoms. The number of carbonyl (C=O) groups is 1. The first-order valence-electron chi connectivity index (χ1n) is 10.6. The van der Waals surface area contributed by atoms with Crippen LogP contribution in [0.5, 0.6) is 11.6 Å². The molecule has 0 aliphatic carbocycles. The lowest BCUT2D eigenvalue weighted by atomic mass is 10.1. The van der Waals surface area contributed by atoms with Gasteiger partial charge >= 0.3 is 0 Å². The second kappa shape index (κ2) is 10.3. The summed E-state index contributed by atoms with van der Waals surface area (Å²) in [5, 5.41) is 21.7. The Morgan fingerprint density at radius 1 is 1.15 bits per heavy atom. The van der Waals surface area contributed by atoms with E-state index in [-0.39, 0.29) is 18.2 Å². The van der Waals surface area contributed by atoms with Crippen LogP contribution in [-0.4, -0.2) is 42.4 Å². The summed E-state index contributed by atoms with van der Waals surface area (Å²) in [5.74, 6) is 0.672. The number of methoxy groups -OCH3 is 1. The van der Waals surface area contributed by atoms with Gasteiger partial charge in [0.15, 0.2) is 10.6 Å². The van der Waals surface area contributed by atoms with E-state index in [0.717, 1.165) is 17.0 Å². The molecule has 9 nitrogen and oxygen atoms in total. The molecule has 0 radical (unpaired) electrons. The summed E-state index contributed by atoms with van der Waals surface area (Å²) in [6, 6.07) is 14.7. The average molecular weight is 477 g/mol. The Morgan fingerprint density at radius 3 is 2.59 bits per heavy atom.